The van der Waals surface area contributed by atoms with Crippen LogP contribution >= 0.6 is 39.1 Å². The average Bonchev–Trinajstić information content (AvgIpc) is 2.95. The molecule has 1 amide bonds. The van der Waals surface area contributed by atoms with E-state index in [0.717, 1.165) is 10.9 Å². The minimum absolute atomic E-state index is 0.244. The Bertz CT molecular complexity index is 845. The third kappa shape index (κ3) is 2.79. The lowest BCUT2D eigenvalue weighted by atomic mass is 10.1. The zero-order chi connectivity index (χ0) is 15.0. The molecule has 0 unspecified atom stereocenters. The molecule has 6 heteroatoms. The van der Waals surface area contributed by atoms with E-state index in [-0.39, 0.29) is 5.91 Å². The first-order valence-electron chi connectivity index (χ1n) is 6.08. The van der Waals surface area contributed by atoms with Gasteiger partial charge < -0.3 is 10.3 Å². The van der Waals surface area contributed by atoms with E-state index in [1.807, 2.05) is 18.3 Å². The Hall–Kier alpha value is -1.49. The molecule has 2 aromatic carbocycles. The molecule has 0 atom stereocenters. The summed E-state index contributed by atoms with van der Waals surface area (Å²) in [5, 5.41) is 4.49. The lowest BCUT2D eigenvalue weighted by Crippen LogP contribution is -2.12. The molecule has 1 heterocycles. The van der Waals surface area contributed by atoms with E-state index in [2.05, 4.69) is 26.2 Å². The smallest absolute Gasteiger partial charge is 0.255 e. The predicted molar refractivity (Wildman–Crippen MR) is 90.4 cm³/mol. The number of nitrogens with one attached hydrogen (secondary N) is 2. The molecule has 1 aromatic heterocycles. The van der Waals surface area contributed by atoms with Crippen LogP contribution in [0.5, 0.6) is 0 Å². The van der Waals surface area contributed by atoms with Gasteiger partial charge in [-0.2, -0.15) is 0 Å². The van der Waals surface area contributed by atoms with Crippen molar-refractivity contribution in [1.82, 2.24) is 4.98 Å². The number of carbonyl (C=O) groups excluding carboxylic acids is 1. The molecule has 0 aliphatic rings. The van der Waals surface area contributed by atoms with Crippen LogP contribution in [-0.2, 0) is 0 Å². The molecule has 3 aromatic rings. The van der Waals surface area contributed by atoms with E-state index in [4.69, 9.17) is 23.2 Å². The van der Waals surface area contributed by atoms with Crippen molar-refractivity contribution in [3.63, 3.8) is 0 Å². The molecule has 0 radical (unpaired) electrons. The van der Waals surface area contributed by atoms with Crippen LogP contribution in [0.25, 0.3) is 10.9 Å². The number of amides is 1. The Kier molecular flexibility index (Phi) is 3.93. The number of aromatic amines is 1. The lowest BCUT2D eigenvalue weighted by Gasteiger charge is -2.09. The Morgan fingerprint density at radius 2 is 1.90 bits per heavy atom. The quantitative estimate of drug-likeness (QED) is 0.564. The van der Waals surface area contributed by atoms with Gasteiger partial charge in [-0.1, -0.05) is 29.3 Å². The van der Waals surface area contributed by atoms with Gasteiger partial charge in [0, 0.05) is 21.7 Å². The number of rotatable bonds is 2. The zero-order valence-corrected chi connectivity index (χ0v) is 13.7. The molecule has 0 fully saturated rings. The second-order valence-corrected chi connectivity index (χ2v) is 6.07. The second kappa shape index (κ2) is 5.72. The molecule has 0 saturated carbocycles. The second-order valence-electron chi connectivity index (χ2n) is 4.46. The molecule has 3 rings (SSSR count). The zero-order valence-electron chi connectivity index (χ0n) is 10.6. The van der Waals surface area contributed by atoms with E-state index in [0.29, 0.717) is 25.8 Å². The van der Waals surface area contributed by atoms with Crippen LogP contribution in [0.1, 0.15) is 10.4 Å². The van der Waals surface area contributed by atoms with E-state index < -0.39 is 0 Å². The van der Waals surface area contributed by atoms with Gasteiger partial charge in [0.25, 0.3) is 5.91 Å². The van der Waals surface area contributed by atoms with Gasteiger partial charge in [-0.05, 0) is 51.6 Å². The standard InChI is InChI=1S/C15H9BrCl2N2O/c16-10-3-4-11(14(18)13(10)17)20-15(21)9-2-1-8-5-6-19-12(8)7-9/h1-7,19H,(H,20,21). The van der Waals surface area contributed by atoms with Gasteiger partial charge in [-0.15, -0.1) is 0 Å². The van der Waals surface area contributed by atoms with Crippen molar-refractivity contribution < 1.29 is 4.79 Å². The van der Waals surface area contributed by atoms with Crippen LogP contribution in [0, 0.1) is 0 Å². The molecule has 2 N–H and O–H groups in total. The van der Waals surface area contributed by atoms with Gasteiger partial charge in [-0.3, -0.25) is 4.79 Å². The molecule has 3 nitrogen and oxygen atoms in total. The third-order valence-corrected chi connectivity index (χ3v) is 4.87. The van der Waals surface area contributed by atoms with Crippen LogP contribution in [0.4, 0.5) is 5.69 Å². The van der Waals surface area contributed by atoms with Gasteiger partial charge in [0.2, 0.25) is 0 Å². The molecule has 0 saturated heterocycles. The fraction of sp³-hybridized carbons (Fsp3) is 0. The molecule has 21 heavy (non-hydrogen) atoms. The van der Waals surface area contributed by atoms with E-state index in [9.17, 15) is 4.79 Å². The highest BCUT2D eigenvalue weighted by molar-refractivity contribution is 9.10. The van der Waals surface area contributed by atoms with Crippen molar-refractivity contribution in [2.24, 2.45) is 0 Å². The first-order valence-corrected chi connectivity index (χ1v) is 7.63. The molecule has 0 aliphatic carbocycles. The highest BCUT2D eigenvalue weighted by atomic mass is 79.9. The Morgan fingerprint density at radius 3 is 2.71 bits per heavy atom. The van der Waals surface area contributed by atoms with Crippen molar-refractivity contribution >= 4 is 61.6 Å². The maximum atomic E-state index is 12.3. The number of fused-ring (bicyclic) bond motifs is 1. The summed E-state index contributed by atoms with van der Waals surface area (Å²) in [5.41, 5.74) is 1.92. The SMILES string of the molecule is O=C(Nc1ccc(Br)c(Cl)c1Cl)c1ccc2cc[nH]c2c1. The molecule has 0 aliphatic heterocycles. The largest absolute Gasteiger partial charge is 0.361 e. The first kappa shape index (κ1) is 14.4. The minimum Gasteiger partial charge on any atom is -0.361 e. The van der Waals surface area contributed by atoms with Gasteiger partial charge in [0.1, 0.15) is 0 Å². The van der Waals surface area contributed by atoms with Crippen LogP contribution in [0.2, 0.25) is 10.0 Å². The fourth-order valence-corrected chi connectivity index (χ4v) is 2.83. The summed E-state index contributed by atoms with van der Waals surface area (Å²) >= 11 is 15.4. The van der Waals surface area contributed by atoms with Crippen LogP contribution < -0.4 is 5.32 Å². The summed E-state index contributed by atoms with van der Waals surface area (Å²) < 4.78 is 0.681. The van der Waals surface area contributed by atoms with Gasteiger partial charge >= 0.3 is 0 Å². The molecular weight excluding hydrogens is 375 g/mol. The summed E-state index contributed by atoms with van der Waals surface area (Å²) in [7, 11) is 0. The summed E-state index contributed by atoms with van der Waals surface area (Å²) in [5.74, 6) is -0.244. The highest BCUT2D eigenvalue weighted by Gasteiger charge is 2.13. The number of hydrogen-bond donors (Lipinski definition) is 2. The Labute approximate surface area is 139 Å². The van der Waals surface area contributed by atoms with Crippen molar-refractivity contribution in [3.8, 4) is 0 Å². The molecule has 0 spiro atoms. The van der Waals surface area contributed by atoms with E-state index >= 15 is 0 Å². The van der Waals surface area contributed by atoms with Gasteiger partial charge in [0.15, 0.2) is 0 Å². The third-order valence-electron chi connectivity index (χ3n) is 3.10. The lowest BCUT2D eigenvalue weighted by molar-refractivity contribution is 0.102. The normalized spacial score (nSPS) is 10.8. The summed E-state index contributed by atoms with van der Waals surface area (Å²) in [6, 6.07) is 10.8. The van der Waals surface area contributed by atoms with Crippen molar-refractivity contribution in [2.75, 3.05) is 5.32 Å². The average molecular weight is 384 g/mol. The van der Waals surface area contributed by atoms with Crippen LogP contribution in [0.3, 0.4) is 0 Å². The number of halogens is 3. The molecular formula is C15H9BrCl2N2O. The predicted octanol–water partition coefficient (Wildman–Crippen LogP) is 5.49. The molecule has 0 bridgehead atoms. The fourth-order valence-electron chi connectivity index (χ4n) is 2.01. The number of anilines is 1. The van der Waals surface area contributed by atoms with Crippen molar-refractivity contribution in [3.05, 3.63) is 62.7 Å². The summed E-state index contributed by atoms with van der Waals surface area (Å²) in [4.78, 5) is 15.4. The highest BCUT2D eigenvalue weighted by Crippen LogP contribution is 2.36. The maximum absolute atomic E-state index is 12.3. The number of carbonyl (C=O) groups is 1. The Morgan fingerprint density at radius 1 is 1.10 bits per heavy atom. The number of hydrogen-bond acceptors (Lipinski definition) is 1. The molecule has 106 valence electrons. The maximum Gasteiger partial charge on any atom is 0.255 e. The van der Waals surface area contributed by atoms with Crippen LogP contribution in [-0.4, -0.2) is 10.9 Å². The van der Waals surface area contributed by atoms with Crippen molar-refractivity contribution in [1.29, 1.82) is 0 Å². The topological polar surface area (TPSA) is 44.9 Å². The van der Waals surface area contributed by atoms with E-state index in [1.165, 1.54) is 0 Å². The monoisotopic (exact) mass is 382 g/mol. The number of aromatic nitrogens is 1. The summed E-state index contributed by atoms with van der Waals surface area (Å²) in [6.45, 7) is 0. The van der Waals surface area contributed by atoms with Crippen LogP contribution in [0.15, 0.2) is 47.1 Å². The first-order chi connectivity index (χ1) is 10.1. The van der Waals surface area contributed by atoms with Gasteiger partial charge in [0.05, 0.1) is 15.7 Å². The van der Waals surface area contributed by atoms with Gasteiger partial charge in [-0.25, -0.2) is 0 Å². The van der Waals surface area contributed by atoms with E-state index in [1.54, 1.807) is 24.3 Å². The number of benzene rings is 2. The summed E-state index contributed by atoms with van der Waals surface area (Å²) in [6.07, 6.45) is 1.83. The van der Waals surface area contributed by atoms with Crippen molar-refractivity contribution in [2.45, 2.75) is 0 Å². The minimum atomic E-state index is -0.244. The number of H-pyrrole nitrogens is 1. The Balaban J connectivity index is 1.91.